The Bertz CT molecular complexity index is 314. The van der Waals surface area contributed by atoms with Crippen molar-refractivity contribution in [1.29, 1.82) is 0 Å². The molecule has 1 atom stereocenters. The van der Waals surface area contributed by atoms with Crippen molar-refractivity contribution in [2.45, 2.75) is 32.7 Å². The van der Waals surface area contributed by atoms with Gasteiger partial charge in [-0.25, -0.2) is 4.39 Å². The molecule has 0 aliphatic rings. The molecule has 1 nitrogen and oxygen atoms in total. The Morgan fingerprint density at radius 3 is 2.80 bits per heavy atom. The first-order valence-electron chi connectivity index (χ1n) is 5.33. The van der Waals surface area contributed by atoms with Gasteiger partial charge in [-0.05, 0) is 37.6 Å². The lowest BCUT2D eigenvalue weighted by atomic mass is 10.1. The molecule has 1 unspecified atom stereocenters. The van der Waals surface area contributed by atoms with Gasteiger partial charge in [0.15, 0.2) is 0 Å². The molecule has 0 aliphatic carbocycles. The first-order chi connectivity index (χ1) is 7.15. The number of benzene rings is 1. The molecule has 0 spiro atoms. The fraction of sp³-hybridized carbons (Fsp3) is 0.500. The molecule has 0 heterocycles. The highest BCUT2D eigenvalue weighted by Gasteiger charge is 2.07. The molecule has 0 radical (unpaired) electrons. The van der Waals surface area contributed by atoms with E-state index in [0.29, 0.717) is 0 Å². The molecule has 0 amide bonds. The summed E-state index contributed by atoms with van der Waals surface area (Å²) in [7, 11) is 0. The minimum Gasteiger partial charge on any atom is -0.310 e. The molecule has 1 rings (SSSR count). The van der Waals surface area contributed by atoms with Crippen LogP contribution in [0.5, 0.6) is 0 Å². The number of hydrogen-bond acceptors (Lipinski definition) is 1. The molecule has 1 aromatic rings. The maximum Gasteiger partial charge on any atom is 0.142 e. The zero-order valence-corrected chi connectivity index (χ0v) is 9.94. The van der Waals surface area contributed by atoms with Crippen molar-refractivity contribution in [2.75, 3.05) is 6.54 Å². The fourth-order valence-corrected chi connectivity index (χ4v) is 1.51. The van der Waals surface area contributed by atoms with Crippen molar-refractivity contribution in [2.24, 2.45) is 0 Å². The summed E-state index contributed by atoms with van der Waals surface area (Å²) in [5, 5.41) is 3.52. The van der Waals surface area contributed by atoms with Crippen LogP contribution in [0.25, 0.3) is 0 Å². The molecule has 3 heteroatoms. The average molecular weight is 230 g/mol. The van der Waals surface area contributed by atoms with Crippen molar-refractivity contribution in [3.63, 3.8) is 0 Å². The zero-order valence-electron chi connectivity index (χ0n) is 9.19. The van der Waals surface area contributed by atoms with Crippen molar-refractivity contribution in [3.05, 3.63) is 34.6 Å². The molecular weight excluding hydrogens is 213 g/mol. The van der Waals surface area contributed by atoms with Crippen LogP contribution in [0.3, 0.4) is 0 Å². The Balaban J connectivity index is 2.57. The highest BCUT2D eigenvalue weighted by molar-refractivity contribution is 6.30. The Hall–Kier alpha value is -0.600. The van der Waals surface area contributed by atoms with Crippen LogP contribution in [-0.4, -0.2) is 6.54 Å². The summed E-state index contributed by atoms with van der Waals surface area (Å²) in [6.07, 6.45) is 2.30. The number of rotatable bonds is 5. The molecule has 0 saturated heterocycles. The van der Waals surface area contributed by atoms with Gasteiger partial charge in [0.1, 0.15) is 5.82 Å². The summed E-state index contributed by atoms with van der Waals surface area (Å²) in [5.41, 5.74) is 0.938. The molecule has 0 fully saturated rings. The smallest absolute Gasteiger partial charge is 0.142 e. The molecule has 0 bridgehead atoms. The predicted molar refractivity (Wildman–Crippen MR) is 62.7 cm³/mol. The molecular formula is C12H17ClFN. The van der Waals surface area contributed by atoms with Crippen molar-refractivity contribution in [3.8, 4) is 0 Å². The van der Waals surface area contributed by atoms with Gasteiger partial charge in [0.25, 0.3) is 0 Å². The van der Waals surface area contributed by atoms with Crippen LogP contribution in [0.1, 0.15) is 38.3 Å². The van der Waals surface area contributed by atoms with Crippen LogP contribution in [0.15, 0.2) is 18.2 Å². The van der Waals surface area contributed by atoms with Gasteiger partial charge < -0.3 is 5.32 Å². The van der Waals surface area contributed by atoms with E-state index in [0.717, 1.165) is 24.9 Å². The van der Waals surface area contributed by atoms with Gasteiger partial charge in [0.05, 0.1) is 5.02 Å². The van der Waals surface area contributed by atoms with Crippen molar-refractivity contribution < 1.29 is 4.39 Å². The van der Waals surface area contributed by atoms with E-state index in [1.54, 1.807) is 6.07 Å². The Labute approximate surface area is 95.6 Å². The van der Waals surface area contributed by atoms with Crippen LogP contribution in [0.4, 0.5) is 4.39 Å². The summed E-state index contributed by atoms with van der Waals surface area (Å²) in [5.74, 6) is -0.349. The van der Waals surface area contributed by atoms with Crippen LogP contribution in [-0.2, 0) is 0 Å². The Kier molecular flexibility index (Phi) is 5.06. The lowest BCUT2D eigenvalue weighted by Crippen LogP contribution is -2.19. The summed E-state index contributed by atoms with van der Waals surface area (Å²) in [4.78, 5) is 0. The second-order valence-corrected chi connectivity index (χ2v) is 4.11. The summed E-state index contributed by atoms with van der Waals surface area (Å²) in [6, 6.07) is 5.12. The van der Waals surface area contributed by atoms with Crippen LogP contribution >= 0.6 is 11.6 Å². The largest absolute Gasteiger partial charge is 0.310 e. The second-order valence-electron chi connectivity index (χ2n) is 3.70. The minimum atomic E-state index is -0.349. The lowest BCUT2D eigenvalue weighted by molar-refractivity contribution is 0.548. The maximum atomic E-state index is 13.2. The highest BCUT2D eigenvalue weighted by atomic mass is 35.5. The van der Waals surface area contributed by atoms with Crippen LogP contribution in [0, 0.1) is 5.82 Å². The van der Waals surface area contributed by atoms with Gasteiger partial charge in [0.2, 0.25) is 0 Å². The van der Waals surface area contributed by atoms with Gasteiger partial charge >= 0.3 is 0 Å². The third kappa shape index (κ3) is 3.80. The quantitative estimate of drug-likeness (QED) is 0.755. The molecule has 84 valence electrons. The molecule has 0 saturated carbocycles. The number of nitrogens with one attached hydrogen (secondary N) is 1. The molecule has 15 heavy (non-hydrogen) atoms. The van der Waals surface area contributed by atoms with Crippen molar-refractivity contribution >= 4 is 11.6 Å². The van der Waals surface area contributed by atoms with E-state index in [1.165, 1.54) is 6.07 Å². The first kappa shape index (κ1) is 12.5. The molecule has 1 N–H and O–H groups in total. The van der Waals surface area contributed by atoms with E-state index in [1.807, 2.05) is 13.0 Å². The SMILES string of the molecule is CCCCNC(C)c1ccc(Cl)c(F)c1. The van der Waals surface area contributed by atoms with E-state index in [9.17, 15) is 4.39 Å². The molecule has 0 aromatic heterocycles. The topological polar surface area (TPSA) is 12.0 Å². The van der Waals surface area contributed by atoms with E-state index in [4.69, 9.17) is 11.6 Å². The average Bonchev–Trinajstić information content (AvgIpc) is 2.22. The number of hydrogen-bond donors (Lipinski definition) is 1. The van der Waals surface area contributed by atoms with E-state index < -0.39 is 0 Å². The van der Waals surface area contributed by atoms with E-state index in [-0.39, 0.29) is 16.9 Å². The minimum absolute atomic E-state index is 0.170. The second kappa shape index (κ2) is 6.09. The van der Waals surface area contributed by atoms with Gasteiger partial charge in [-0.1, -0.05) is 31.0 Å². The van der Waals surface area contributed by atoms with Crippen LogP contribution < -0.4 is 5.32 Å². The summed E-state index contributed by atoms with van der Waals surface area (Å²) < 4.78 is 13.2. The lowest BCUT2D eigenvalue weighted by Gasteiger charge is -2.14. The fourth-order valence-electron chi connectivity index (χ4n) is 1.39. The van der Waals surface area contributed by atoms with E-state index >= 15 is 0 Å². The van der Waals surface area contributed by atoms with Crippen molar-refractivity contribution in [1.82, 2.24) is 5.32 Å². The monoisotopic (exact) mass is 229 g/mol. The molecule has 1 aromatic carbocycles. The summed E-state index contributed by atoms with van der Waals surface area (Å²) >= 11 is 5.62. The summed E-state index contributed by atoms with van der Waals surface area (Å²) in [6.45, 7) is 5.13. The third-order valence-electron chi connectivity index (χ3n) is 2.42. The predicted octanol–water partition coefficient (Wildman–Crippen LogP) is 3.93. The van der Waals surface area contributed by atoms with Crippen LogP contribution in [0.2, 0.25) is 5.02 Å². The standard InChI is InChI=1S/C12H17ClFN/c1-3-4-7-15-9(2)10-5-6-11(13)12(14)8-10/h5-6,8-9,15H,3-4,7H2,1-2H3. The van der Waals surface area contributed by atoms with Gasteiger partial charge in [-0.15, -0.1) is 0 Å². The zero-order chi connectivity index (χ0) is 11.3. The first-order valence-corrected chi connectivity index (χ1v) is 5.71. The van der Waals surface area contributed by atoms with E-state index in [2.05, 4.69) is 12.2 Å². The Morgan fingerprint density at radius 2 is 2.20 bits per heavy atom. The number of unbranched alkanes of at least 4 members (excludes halogenated alkanes) is 1. The third-order valence-corrected chi connectivity index (χ3v) is 2.73. The number of halogens is 2. The molecule has 0 aliphatic heterocycles. The Morgan fingerprint density at radius 1 is 1.47 bits per heavy atom. The highest BCUT2D eigenvalue weighted by Crippen LogP contribution is 2.19. The maximum absolute atomic E-state index is 13.2. The van der Waals surface area contributed by atoms with Gasteiger partial charge in [-0.2, -0.15) is 0 Å². The van der Waals surface area contributed by atoms with Gasteiger partial charge in [0, 0.05) is 6.04 Å². The van der Waals surface area contributed by atoms with Gasteiger partial charge in [-0.3, -0.25) is 0 Å². The normalized spacial score (nSPS) is 12.8.